The summed E-state index contributed by atoms with van der Waals surface area (Å²) < 4.78 is 5.95. The van der Waals surface area contributed by atoms with Crippen molar-refractivity contribution in [1.82, 2.24) is 4.98 Å². The highest BCUT2D eigenvalue weighted by atomic mass is 79.9. The summed E-state index contributed by atoms with van der Waals surface area (Å²) in [6.45, 7) is 0. The Morgan fingerprint density at radius 1 is 1.42 bits per heavy atom. The van der Waals surface area contributed by atoms with Crippen molar-refractivity contribution in [3.05, 3.63) is 51.7 Å². The number of hydrogen-bond acceptors (Lipinski definition) is 3. The average Bonchev–Trinajstić information content (AvgIpc) is 2.41. The number of carbonyl (C=O) groups excluding carboxylic acids is 1. The fraction of sp³-hybridized carbons (Fsp3) is 0.0769. The van der Waals surface area contributed by atoms with E-state index in [-0.39, 0.29) is 11.1 Å². The van der Waals surface area contributed by atoms with Crippen molar-refractivity contribution in [3.63, 3.8) is 0 Å². The number of benzene rings is 1. The van der Waals surface area contributed by atoms with Crippen LogP contribution in [0.25, 0.3) is 0 Å². The number of rotatable bonds is 3. The second kappa shape index (κ2) is 6.04. The topological polar surface area (TPSA) is 51.2 Å². The standard InChI is InChI=1S/C13H10BrClN2O2/c1-19-11-5-4-8(14)7-9(11)13(18)17-10-3-2-6-16-12(10)15/h2-7H,1H3,(H,17,18). The number of anilines is 1. The maximum atomic E-state index is 12.2. The molecule has 0 aliphatic heterocycles. The Morgan fingerprint density at radius 3 is 2.89 bits per heavy atom. The zero-order valence-corrected chi connectivity index (χ0v) is 12.3. The molecule has 1 aromatic heterocycles. The first-order valence-corrected chi connectivity index (χ1v) is 6.54. The van der Waals surface area contributed by atoms with Gasteiger partial charge in [-0.1, -0.05) is 27.5 Å². The molecule has 0 bridgehead atoms. The molecule has 0 aliphatic rings. The average molecular weight is 342 g/mol. The highest BCUT2D eigenvalue weighted by Gasteiger charge is 2.14. The second-order valence-corrected chi connectivity index (χ2v) is 4.91. The third-order valence-corrected chi connectivity index (χ3v) is 3.21. The first-order chi connectivity index (χ1) is 9.11. The zero-order chi connectivity index (χ0) is 13.8. The highest BCUT2D eigenvalue weighted by Crippen LogP contribution is 2.25. The number of methoxy groups -OCH3 is 1. The first kappa shape index (κ1) is 13.8. The van der Waals surface area contributed by atoms with E-state index in [1.807, 2.05) is 0 Å². The van der Waals surface area contributed by atoms with Gasteiger partial charge >= 0.3 is 0 Å². The zero-order valence-electron chi connectivity index (χ0n) is 9.98. The molecule has 0 saturated carbocycles. The van der Waals surface area contributed by atoms with Crippen LogP contribution in [-0.2, 0) is 0 Å². The summed E-state index contributed by atoms with van der Waals surface area (Å²) in [7, 11) is 1.51. The molecule has 0 atom stereocenters. The molecule has 1 aromatic carbocycles. The first-order valence-electron chi connectivity index (χ1n) is 5.37. The fourth-order valence-electron chi connectivity index (χ4n) is 1.53. The number of nitrogens with zero attached hydrogens (tertiary/aromatic N) is 1. The molecule has 0 aliphatic carbocycles. The lowest BCUT2D eigenvalue weighted by Crippen LogP contribution is -2.13. The lowest BCUT2D eigenvalue weighted by atomic mass is 10.2. The second-order valence-electron chi connectivity index (χ2n) is 3.64. The van der Waals surface area contributed by atoms with E-state index < -0.39 is 0 Å². The maximum absolute atomic E-state index is 12.2. The summed E-state index contributed by atoms with van der Waals surface area (Å²) in [5.41, 5.74) is 0.869. The number of amides is 1. The van der Waals surface area contributed by atoms with Gasteiger partial charge in [0.05, 0.1) is 18.4 Å². The van der Waals surface area contributed by atoms with Gasteiger partial charge in [-0.25, -0.2) is 4.98 Å². The maximum Gasteiger partial charge on any atom is 0.259 e. The Morgan fingerprint density at radius 2 is 2.21 bits per heavy atom. The summed E-state index contributed by atoms with van der Waals surface area (Å²) in [5, 5.41) is 2.93. The van der Waals surface area contributed by atoms with Gasteiger partial charge in [-0.2, -0.15) is 0 Å². The van der Waals surface area contributed by atoms with Gasteiger partial charge in [0.15, 0.2) is 5.15 Å². The summed E-state index contributed by atoms with van der Waals surface area (Å²) in [5.74, 6) is 0.175. The van der Waals surface area contributed by atoms with Crippen LogP contribution in [0.3, 0.4) is 0 Å². The lowest BCUT2D eigenvalue weighted by molar-refractivity contribution is 0.102. The van der Waals surface area contributed by atoms with Crippen LogP contribution in [0.4, 0.5) is 5.69 Å². The highest BCUT2D eigenvalue weighted by molar-refractivity contribution is 9.10. The van der Waals surface area contributed by atoms with Gasteiger partial charge in [0.25, 0.3) is 5.91 Å². The van der Waals surface area contributed by atoms with Crippen molar-refractivity contribution in [2.45, 2.75) is 0 Å². The van der Waals surface area contributed by atoms with Crippen LogP contribution in [0.1, 0.15) is 10.4 Å². The number of pyridine rings is 1. The van der Waals surface area contributed by atoms with Crippen LogP contribution >= 0.6 is 27.5 Å². The fourth-order valence-corrected chi connectivity index (χ4v) is 2.05. The molecule has 1 amide bonds. The molecule has 0 spiro atoms. The molecule has 19 heavy (non-hydrogen) atoms. The lowest BCUT2D eigenvalue weighted by Gasteiger charge is -2.10. The largest absolute Gasteiger partial charge is 0.496 e. The Balaban J connectivity index is 2.30. The van der Waals surface area contributed by atoms with Crippen molar-refractivity contribution in [2.75, 3.05) is 12.4 Å². The summed E-state index contributed by atoms with van der Waals surface area (Å²) in [6.07, 6.45) is 1.55. The van der Waals surface area contributed by atoms with Gasteiger partial charge < -0.3 is 10.1 Å². The number of hydrogen-bond donors (Lipinski definition) is 1. The normalized spacial score (nSPS) is 10.1. The Bertz CT molecular complexity index is 619. The predicted molar refractivity (Wildman–Crippen MR) is 77.9 cm³/mol. The number of ether oxygens (including phenoxy) is 1. The summed E-state index contributed by atoms with van der Waals surface area (Å²) >= 11 is 9.21. The van der Waals surface area contributed by atoms with Gasteiger partial charge in [-0.15, -0.1) is 0 Å². The van der Waals surface area contributed by atoms with Gasteiger partial charge in [-0.05, 0) is 30.3 Å². The molecule has 0 radical (unpaired) electrons. The quantitative estimate of drug-likeness (QED) is 0.865. The number of nitrogens with one attached hydrogen (secondary N) is 1. The van der Waals surface area contributed by atoms with Crippen molar-refractivity contribution in [3.8, 4) is 5.75 Å². The van der Waals surface area contributed by atoms with E-state index in [4.69, 9.17) is 16.3 Å². The van der Waals surface area contributed by atoms with E-state index >= 15 is 0 Å². The monoisotopic (exact) mass is 340 g/mol. The van der Waals surface area contributed by atoms with E-state index in [9.17, 15) is 4.79 Å². The van der Waals surface area contributed by atoms with Crippen molar-refractivity contribution in [2.24, 2.45) is 0 Å². The van der Waals surface area contributed by atoms with E-state index in [2.05, 4.69) is 26.2 Å². The Kier molecular flexibility index (Phi) is 4.39. The molecule has 4 nitrogen and oxygen atoms in total. The van der Waals surface area contributed by atoms with Crippen LogP contribution in [-0.4, -0.2) is 18.0 Å². The van der Waals surface area contributed by atoms with E-state index in [0.29, 0.717) is 17.0 Å². The molecular formula is C13H10BrClN2O2. The Hall–Kier alpha value is -1.59. The third kappa shape index (κ3) is 3.24. The summed E-state index contributed by atoms with van der Waals surface area (Å²) in [4.78, 5) is 16.1. The third-order valence-electron chi connectivity index (χ3n) is 2.41. The minimum atomic E-state index is -0.312. The molecule has 0 unspecified atom stereocenters. The minimum absolute atomic E-state index is 0.241. The van der Waals surface area contributed by atoms with E-state index in [1.54, 1.807) is 36.5 Å². The van der Waals surface area contributed by atoms with Gasteiger partial charge in [0.1, 0.15) is 5.75 Å². The van der Waals surface area contributed by atoms with Gasteiger partial charge in [-0.3, -0.25) is 4.79 Å². The van der Waals surface area contributed by atoms with Crippen molar-refractivity contribution in [1.29, 1.82) is 0 Å². The predicted octanol–water partition coefficient (Wildman–Crippen LogP) is 3.76. The molecule has 0 fully saturated rings. The summed E-state index contributed by atoms with van der Waals surface area (Å²) in [6, 6.07) is 8.56. The van der Waals surface area contributed by atoms with Gasteiger partial charge in [0, 0.05) is 10.7 Å². The minimum Gasteiger partial charge on any atom is -0.496 e. The van der Waals surface area contributed by atoms with Crippen LogP contribution in [0.5, 0.6) is 5.75 Å². The van der Waals surface area contributed by atoms with Crippen LogP contribution in [0.2, 0.25) is 5.15 Å². The smallest absolute Gasteiger partial charge is 0.259 e. The van der Waals surface area contributed by atoms with Crippen LogP contribution < -0.4 is 10.1 Å². The van der Waals surface area contributed by atoms with E-state index in [1.165, 1.54) is 7.11 Å². The SMILES string of the molecule is COc1ccc(Br)cc1C(=O)Nc1cccnc1Cl. The Labute approximate surface area is 123 Å². The van der Waals surface area contributed by atoms with Crippen molar-refractivity contribution >= 4 is 39.1 Å². The molecule has 2 aromatic rings. The van der Waals surface area contributed by atoms with E-state index in [0.717, 1.165) is 4.47 Å². The molecular weight excluding hydrogens is 332 g/mol. The molecule has 1 N–H and O–H groups in total. The van der Waals surface area contributed by atoms with Gasteiger partial charge in [0.2, 0.25) is 0 Å². The van der Waals surface area contributed by atoms with Crippen LogP contribution in [0.15, 0.2) is 41.0 Å². The molecule has 1 heterocycles. The molecule has 2 rings (SSSR count). The van der Waals surface area contributed by atoms with Crippen LogP contribution in [0, 0.1) is 0 Å². The number of halogens is 2. The van der Waals surface area contributed by atoms with Crippen molar-refractivity contribution < 1.29 is 9.53 Å². The number of carbonyl (C=O) groups is 1. The number of aromatic nitrogens is 1. The molecule has 98 valence electrons. The molecule has 0 saturated heterocycles. The molecule has 6 heteroatoms.